The van der Waals surface area contributed by atoms with E-state index in [1.807, 2.05) is 38.1 Å². The van der Waals surface area contributed by atoms with E-state index in [9.17, 15) is 27.2 Å². The zero-order valence-electron chi connectivity index (χ0n) is 20.3. The first kappa shape index (κ1) is 27.8. The fourth-order valence-corrected chi connectivity index (χ4v) is 4.63. The molecule has 0 aliphatic carbocycles. The van der Waals surface area contributed by atoms with Gasteiger partial charge in [0.05, 0.1) is 36.7 Å². The largest absolute Gasteiger partial charge is 0.497 e. The van der Waals surface area contributed by atoms with Crippen LogP contribution in [0.4, 0.5) is 17.6 Å². The number of halogens is 4. The molecule has 0 radical (unpaired) electrons. The molecule has 1 heterocycles. The van der Waals surface area contributed by atoms with Crippen molar-refractivity contribution in [3.8, 4) is 5.75 Å². The van der Waals surface area contributed by atoms with Crippen molar-refractivity contribution in [3.05, 3.63) is 59.4 Å². The van der Waals surface area contributed by atoms with E-state index in [0.29, 0.717) is 17.7 Å². The van der Waals surface area contributed by atoms with Gasteiger partial charge in [-0.25, -0.2) is 4.39 Å². The van der Waals surface area contributed by atoms with Crippen LogP contribution in [0.25, 0.3) is 0 Å². The smallest absolute Gasteiger partial charge is 0.446 e. The Morgan fingerprint density at radius 3 is 2.42 bits per heavy atom. The third kappa shape index (κ3) is 6.70. The lowest BCUT2D eigenvalue weighted by Crippen LogP contribution is -2.66. The maximum atomic E-state index is 14.3. The van der Waals surface area contributed by atoms with Gasteiger partial charge >= 0.3 is 5.51 Å². The molecular formula is C25H29F4N3O3S. The molecule has 3 atom stereocenters. The summed E-state index contributed by atoms with van der Waals surface area (Å²) < 4.78 is 57.3. The molecule has 0 saturated carbocycles. The van der Waals surface area contributed by atoms with E-state index < -0.39 is 57.6 Å². The van der Waals surface area contributed by atoms with Crippen LogP contribution >= 0.6 is 11.8 Å². The Morgan fingerprint density at radius 1 is 1.19 bits per heavy atom. The minimum atomic E-state index is -4.61. The number of hydrogen-bond acceptors (Lipinski definition) is 5. The summed E-state index contributed by atoms with van der Waals surface area (Å²) in [6.45, 7) is 5.63. The second-order valence-electron chi connectivity index (χ2n) is 9.08. The minimum Gasteiger partial charge on any atom is -0.497 e. The Kier molecular flexibility index (Phi) is 8.55. The normalized spacial score (nSPS) is 19.4. The van der Waals surface area contributed by atoms with Gasteiger partial charge in [0.15, 0.2) is 0 Å². The molecule has 0 bridgehead atoms. The van der Waals surface area contributed by atoms with E-state index in [0.717, 1.165) is 17.7 Å². The molecule has 2 aromatic rings. The second-order valence-corrected chi connectivity index (χ2v) is 10.2. The van der Waals surface area contributed by atoms with E-state index >= 15 is 0 Å². The molecule has 2 aromatic carbocycles. The molecule has 3 N–H and O–H groups in total. The first-order valence-electron chi connectivity index (χ1n) is 11.4. The van der Waals surface area contributed by atoms with Crippen LogP contribution in [0.3, 0.4) is 0 Å². The van der Waals surface area contributed by atoms with Crippen molar-refractivity contribution in [2.45, 2.75) is 67.7 Å². The molecule has 2 unspecified atom stereocenters. The molecule has 1 saturated heterocycles. The molecule has 196 valence electrons. The van der Waals surface area contributed by atoms with Crippen molar-refractivity contribution in [1.29, 1.82) is 0 Å². The molecular weight excluding hydrogens is 498 g/mol. The first-order valence-corrected chi connectivity index (χ1v) is 12.2. The molecule has 1 aliphatic rings. The summed E-state index contributed by atoms with van der Waals surface area (Å²) in [6, 6.07) is 9.33. The molecule has 3 rings (SSSR count). The van der Waals surface area contributed by atoms with Gasteiger partial charge in [-0.2, -0.15) is 13.2 Å². The van der Waals surface area contributed by atoms with Crippen LogP contribution in [0.2, 0.25) is 0 Å². The lowest BCUT2D eigenvalue weighted by molar-refractivity contribution is -0.133. The third-order valence-corrected chi connectivity index (χ3v) is 7.03. The lowest BCUT2D eigenvalue weighted by atomic mass is 9.80. The van der Waals surface area contributed by atoms with Crippen LogP contribution in [0.5, 0.6) is 5.75 Å². The SMILES string of the molecule is CC[C@@H](NC(=O)C1CC(=O)NC(C(C)(C)c2ccc(OC)cc2)N1)c1ccc(SC(F)(F)F)c(F)c1. The monoisotopic (exact) mass is 527 g/mol. The molecule has 2 amide bonds. The van der Waals surface area contributed by atoms with E-state index in [4.69, 9.17) is 4.74 Å². The number of alkyl halides is 3. The van der Waals surface area contributed by atoms with Gasteiger partial charge in [-0.15, -0.1) is 0 Å². The van der Waals surface area contributed by atoms with Gasteiger partial charge in [0.1, 0.15) is 11.6 Å². The van der Waals surface area contributed by atoms with Crippen LogP contribution in [-0.4, -0.2) is 36.6 Å². The number of nitrogens with one attached hydrogen (secondary N) is 3. The average Bonchev–Trinajstić information content (AvgIpc) is 2.82. The van der Waals surface area contributed by atoms with Crippen molar-refractivity contribution in [2.75, 3.05) is 7.11 Å². The highest BCUT2D eigenvalue weighted by Crippen LogP contribution is 2.38. The van der Waals surface area contributed by atoms with Crippen LogP contribution in [0, 0.1) is 5.82 Å². The maximum absolute atomic E-state index is 14.3. The standard InChI is InChI=1S/C25H29F4N3O3S/c1-5-18(14-6-11-20(17(26)12-14)36-25(27,28)29)30-22(34)19-13-21(33)32-23(31-19)24(2,3)15-7-9-16(35-4)10-8-15/h6-12,18-19,23,31H,5,13H2,1-4H3,(H,30,34)(H,32,33)/t18-,19?,23?/m1/s1. The number of rotatable bonds is 8. The lowest BCUT2D eigenvalue weighted by Gasteiger charge is -2.41. The summed E-state index contributed by atoms with van der Waals surface area (Å²) in [4.78, 5) is 25.1. The van der Waals surface area contributed by atoms with Crippen LogP contribution in [-0.2, 0) is 15.0 Å². The van der Waals surface area contributed by atoms with Crippen LogP contribution < -0.4 is 20.7 Å². The van der Waals surface area contributed by atoms with Crippen LogP contribution in [0.1, 0.15) is 50.8 Å². The Balaban J connectivity index is 1.73. The molecule has 36 heavy (non-hydrogen) atoms. The number of thioether (sulfide) groups is 1. The Labute approximate surface area is 211 Å². The number of amides is 2. The maximum Gasteiger partial charge on any atom is 0.446 e. The number of ether oxygens (including phenoxy) is 1. The molecule has 1 aliphatic heterocycles. The molecule has 1 fully saturated rings. The third-order valence-electron chi connectivity index (χ3n) is 6.24. The van der Waals surface area contributed by atoms with Crippen molar-refractivity contribution < 1.29 is 31.9 Å². The molecule has 0 aromatic heterocycles. The van der Waals surface area contributed by atoms with E-state index in [2.05, 4.69) is 16.0 Å². The fraction of sp³-hybridized carbons (Fsp3) is 0.440. The Morgan fingerprint density at radius 2 is 1.86 bits per heavy atom. The molecule has 6 nitrogen and oxygen atoms in total. The van der Waals surface area contributed by atoms with Gasteiger partial charge in [-0.3, -0.25) is 14.9 Å². The predicted molar refractivity (Wildman–Crippen MR) is 129 cm³/mol. The fourth-order valence-electron chi connectivity index (χ4n) is 4.09. The summed E-state index contributed by atoms with van der Waals surface area (Å²) in [7, 11) is 1.57. The number of carbonyl (C=O) groups excluding carboxylic acids is 2. The number of hydrogen-bond donors (Lipinski definition) is 3. The summed E-state index contributed by atoms with van der Waals surface area (Å²) in [5.74, 6) is -1.08. The molecule has 11 heteroatoms. The van der Waals surface area contributed by atoms with Crippen molar-refractivity contribution in [3.63, 3.8) is 0 Å². The van der Waals surface area contributed by atoms with Crippen LogP contribution in [0.15, 0.2) is 47.4 Å². The topological polar surface area (TPSA) is 79.5 Å². The highest BCUT2D eigenvalue weighted by molar-refractivity contribution is 8.00. The van der Waals surface area contributed by atoms with Crippen molar-refractivity contribution >= 4 is 23.6 Å². The Hall–Kier alpha value is -2.79. The zero-order chi connectivity index (χ0) is 26.7. The minimum absolute atomic E-state index is 0.0903. The Bertz CT molecular complexity index is 1090. The van der Waals surface area contributed by atoms with E-state index in [1.54, 1.807) is 14.0 Å². The van der Waals surface area contributed by atoms with E-state index in [-0.39, 0.29) is 12.3 Å². The quantitative estimate of drug-likeness (QED) is 0.340. The van der Waals surface area contributed by atoms with E-state index in [1.165, 1.54) is 6.07 Å². The van der Waals surface area contributed by atoms with Gasteiger partial charge in [0, 0.05) is 5.41 Å². The van der Waals surface area contributed by atoms with Crippen molar-refractivity contribution in [1.82, 2.24) is 16.0 Å². The van der Waals surface area contributed by atoms with Gasteiger partial charge in [0.2, 0.25) is 11.8 Å². The average molecular weight is 528 g/mol. The predicted octanol–water partition coefficient (Wildman–Crippen LogP) is 4.80. The molecule has 0 spiro atoms. The summed E-state index contributed by atoms with van der Waals surface area (Å²) in [6.07, 6.45) is -0.275. The second kappa shape index (κ2) is 11.1. The number of benzene rings is 2. The first-order chi connectivity index (χ1) is 16.8. The summed E-state index contributed by atoms with van der Waals surface area (Å²) in [5, 5.41) is 8.90. The summed E-state index contributed by atoms with van der Waals surface area (Å²) >= 11 is -0.529. The zero-order valence-corrected chi connectivity index (χ0v) is 21.1. The van der Waals surface area contributed by atoms with Gasteiger partial charge < -0.3 is 15.4 Å². The van der Waals surface area contributed by atoms with Gasteiger partial charge in [0.25, 0.3) is 0 Å². The number of methoxy groups -OCH3 is 1. The highest BCUT2D eigenvalue weighted by atomic mass is 32.2. The van der Waals surface area contributed by atoms with Gasteiger partial charge in [-0.05, 0) is 53.6 Å². The van der Waals surface area contributed by atoms with Crippen molar-refractivity contribution in [2.24, 2.45) is 0 Å². The summed E-state index contributed by atoms with van der Waals surface area (Å²) in [5.41, 5.74) is -3.93. The number of carbonyl (C=O) groups is 2. The highest BCUT2D eigenvalue weighted by Gasteiger charge is 2.40. The van der Waals surface area contributed by atoms with Gasteiger partial charge in [-0.1, -0.05) is 39.0 Å².